The molecule has 0 unspecified atom stereocenters. The van der Waals surface area contributed by atoms with Crippen molar-refractivity contribution in [2.45, 2.75) is 23.3 Å². The molecule has 0 aromatic heterocycles. The van der Waals surface area contributed by atoms with Crippen molar-refractivity contribution in [3.05, 3.63) is 30.3 Å². The third-order valence-corrected chi connectivity index (χ3v) is 4.65. The molecule has 0 aliphatic carbocycles. The average Bonchev–Trinajstić information content (AvgIpc) is 2.39. The summed E-state index contributed by atoms with van der Waals surface area (Å²) in [4.78, 5) is 1.37. The zero-order valence-corrected chi connectivity index (χ0v) is 10.6. The molecule has 0 spiro atoms. The minimum atomic E-state index is 0.325. The van der Waals surface area contributed by atoms with Gasteiger partial charge in [0.2, 0.25) is 0 Å². The molecular formula is C13H20N2S. The molecule has 0 radical (unpaired) electrons. The van der Waals surface area contributed by atoms with Crippen molar-refractivity contribution in [1.82, 2.24) is 10.6 Å². The van der Waals surface area contributed by atoms with E-state index in [0.29, 0.717) is 5.54 Å². The van der Waals surface area contributed by atoms with Gasteiger partial charge in [-0.1, -0.05) is 18.2 Å². The van der Waals surface area contributed by atoms with Crippen molar-refractivity contribution in [3.8, 4) is 0 Å². The normalized spacial score (nSPS) is 19.6. The van der Waals surface area contributed by atoms with Gasteiger partial charge in [-0.05, 0) is 45.1 Å². The van der Waals surface area contributed by atoms with Gasteiger partial charge in [-0.2, -0.15) is 0 Å². The first-order valence-electron chi connectivity index (χ1n) is 5.92. The zero-order valence-electron chi connectivity index (χ0n) is 9.83. The van der Waals surface area contributed by atoms with Crippen LogP contribution in [0.5, 0.6) is 0 Å². The highest BCUT2D eigenvalue weighted by molar-refractivity contribution is 7.99. The lowest BCUT2D eigenvalue weighted by Gasteiger charge is -2.37. The van der Waals surface area contributed by atoms with Crippen LogP contribution in [0.3, 0.4) is 0 Å². The maximum Gasteiger partial charge on any atom is 0.0296 e. The van der Waals surface area contributed by atoms with Gasteiger partial charge < -0.3 is 10.6 Å². The van der Waals surface area contributed by atoms with Crippen molar-refractivity contribution in [3.63, 3.8) is 0 Å². The second-order valence-electron chi connectivity index (χ2n) is 4.38. The van der Waals surface area contributed by atoms with Gasteiger partial charge in [-0.15, -0.1) is 11.8 Å². The Kier molecular flexibility index (Phi) is 4.27. The largest absolute Gasteiger partial charge is 0.317 e. The van der Waals surface area contributed by atoms with Crippen molar-refractivity contribution in [2.24, 2.45) is 0 Å². The minimum absolute atomic E-state index is 0.325. The van der Waals surface area contributed by atoms with Gasteiger partial charge in [0.1, 0.15) is 0 Å². The van der Waals surface area contributed by atoms with Crippen LogP contribution in [-0.4, -0.2) is 31.4 Å². The molecule has 1 fully saturated rings. The predicted octanol–water partition coefficient (Wildman–Crippen LogP) is 2.12. The van der Waals surface area contributed by atoms with E-state index < -0.39 is 0 Å². The van der Waals surface area contributed by atoms with Gasteiger partial charge in [0.25, 0.3) is 0 Å². The maximum absolute atomic E-state index is 3.53. The molecule has 0 atom stereocenters. The lowest BCUT2D eigenvalue weighted by atomic mass is 9.91. The molecule has 2 rings (SSSR count). The summed E-state index contributed by atoms with van der Waals surface area (Å²) in [6, 6.07) is 10.7. The second kappa shape index (κ2) is 5.71. The van der Waals surface area contributed by atoms with Crippen LogP contribution >= 0.6 is 11.8 Å². The minimum Gasteiger partial charge on any atom is -0.317 e. The van der Waals surface area contributed by atoms with Crippen molar-refractivity contribution < 1.29 is 0 Å². The first-order chi connectivity index (χ1) is 7.85. The first-order valence-corrected chi connectivity index (χ1v) is 6.91. The monoisotopic (exact) mass is 236 g/mol. The molecule has 1 aromatic rings. The van der Waals surface area contributed by atoms with Crippen LogP contribution in [0, 0.1) is 0 Å². The maximum atomic E-state index is 3.53. The van der Waals surface area contributed by atoms with E-state index in [9.17, 15) is 0 Å². The molecule has 3 heteroatoms. The van der Waals surface area contributed by atoms with Gasteiger partial charge in [0.15, 0.2) is 0 Å². The molecule has 1 heterocycles. The topological polar surface area (TPSA) is 24.1 Å². The fourth-order valence-electron chi connectivity index (χ4n) is 2.11. The molecule has 1 aliphatic heterocycles. The summed E-state index contributed by atoms with van der Waals surface area (Å²) in [5.41, 5.74) is 0.325. The second-order valence-corrected chi connectivity index (χ2v) is 5.43. The summed E-state index contributed by atoms with van der Waals surface area (Å²) in [6.45, 7) is 2.27. The Balaban J connectivity index is 1.92. The summed E-state index contributed by atoms with van der Waals surface area (Å²) in [5.74, 6) is 1.16. The summed E-state index contributed by atoms with van der Waals surface area (Å²) in [6.07, 6.45) is 2.45. The molecule has 16 heavy (non-hydrogen) atoms. The molecule has 2 nitrogen and oxygen atoms in total. The van der Waals surface area contributed by atoms with E-state index in [0.717, 1.165) is 18.8 Å². The number of nitrogens with one attached hydrogen (secondary N) is 2. The van der Waals surface area contributed by atoms with Crippen LogP contribution in [0.2, 0.25) is 0 Å². The number of hydrogen-bond acceptors (Lipinski definition) is 3. The fourth-order valence-corrected chi connectivity index (χ4v) is 3.34. The lowest BCUT2D eigenvalue weighted by molar-refractivity contribution is 0.291. The average molecular weight is 236 g/mol. The van der Waals surface area contributed by atoms with Crippen LogP contribution in [0.15, 0.2) is 35.2 Å². The molecule has 1 saturated heterocycles. The van der Waals surface area contributed by atoms with E-state index >= 15 is 0 Å². The lowest BCUT2D eigenvalue weighted by Crippen LogP contribution is -2.52. The third kappa shape index (κ3) is 3.00. The molecule has 0 amide bonds. The van der Waals surface area contributed by atoms with Crippen LogP contribution in [0.4, 0.5) is 0 Å². The van der Waals surface area contributed by atoms with E-state index in [-0.39, 0.29) is 0 Å². The van der Waals surface area contributed by atoms with Gasteiger partial charge >= 0.3 is 0 Å². The molecule has 0 bridgehead atoms. The number of benzene rings is 1. The standard InChI is InChI=1S/C13H20N2S/c1-14-13(7-9-15-10-8-13)11-16-12-5-3-2-4-6-12/h2-6,14-15H,7-11H2,1H3. The number of hydrogen-bond donors (Lipinski definition) is 2. The van der Waals surface area contributed by atoms with Gasteiger partial charge in [-0.25, -0.2) is 0 Å². The summed E-state index contributed by atoms with van der Waals surface area (Å²) < 4.78 is 0. The zero-order chi connectivity index (χ0) is 11.3. The Labute approximate surface area is 102 Å². The summed E-state index contributed by atoms with van der Waals surface area (Å²) in [5, 5.41) is 6.95. The summed E-state index contributed by atoms with van der Waals surface area (Å²) in [7, 11) is 2.09. The van der Waals surface area contributed by atoms with E-state index in [2.05, 4.69) is 48.0 Å². The van der Waals surface area contributed by atoms with E-state index in [1.165, 1.54) is 17.7 Å². The molecule has 1 aliphatic rings. The Morgan fingerprint density at radius 2 is 1.94 bits per heavy atom. The van der Waals surface area contributed by atoms with E-state index in [4.69, 9.17) is 0 Å². The van der Waals surface area contributed by atoms with Crippen molar-refractivity contribution in [1.29, 1.82) is 0 Å². The van der Waals surface area contributed by atoms with Crippen LogP contribution in [0.25, 0.3) is 0 Å². The Bertz CT molecular complexity index is 307. The van der Waals surface area contributed by atoms with Crippen LogP contribution in [-0.2, 0) is 0 Å². The van der Waals surface area contributed by atoms with Crippen molar-refractivity contribution in [2.75, 3.05) is 25.9 Å². The highest BCUT2D eigenvalue weighted by atomic mass is 32.2. The highest BCUT2D eigenvalue weighted by Gasteiger charge is 2.29. The summed E-state index contributed by atoms with van der Waals surface area (Å²) >= 11 is 1.96. The molecule has 88 valence electrons. The number of rotatable bonds is 4. The fraction of sp³-hybridized carbons (Fsp3) is 0.538. The predicted molar refractivity (Wildman–Crippen MR) is 71.1 cm³/mol. The molecular weight excluding hydrogens is 216 g/mol. The van der Waals surface area contributed by atoms with Crippen LogP contribution < -0.4 is 10.6 Å². The number of thioether (sulfide) groups is 1. The van der Waals surface area contributed by atoms with Crippen molar-refractivity contribution >= 4 is 11.8 Å². The van der Waals surface area contributed by atoms with E-state index in [1.54, 1.807) is 0 Å². The first kappa shape index (κ1) is 12.0. The quantitative estimate of drug-likeness (QED) is 0.783. The third-order valence-electron chi connectivity index (χ3n) is 3.35. The Morgan fingerprint density at radius 3 is 2.56 bits per heavy atom. The Hall–Kier alpha value is -0.510. The van der Waals surface area contributed by atoms with Gasteiger partial charge in [-0.3, -0.25) is 0 Å². The van der Waals surface area contributed by atoms with Gasteiger partial charge in [0, 0.05) is 16.2 Å². The van der Waals surface area contributed by atoms with Gasteiger partial charge in [0.05, 0.1) is 0 Å². The molecule has 2 N–H and O–H groups in total. The number of piperidine rings is 1. The highest BCUT2D eigenvalue weighted by Crippen LogP contribution is 2.27. The molecule has 0 saturated carbocycles. The SMILES string of the molecule is CNC1(CSc2ccccc2)CCNCC1. The van der Waals surface area contributed by atoms with E-state index in [1.807, 2.05) is 11.8 Å². The molecule has 1 aromatic carbocycles. The Morgan fingerprint density at radius 1 is 1.25 bits per heavy atom. The smallest absolute Gasteiger partial charge is 0.0296 e. The van der Waals surface area contributed by atoms with Crippen LogP contribution in [0.1, 0.15) is 12.8 Å².